The molecule has 0 aromatic carbocycles. The van der Waals surface area contributed by atoms with Crippen molar-refractivity contribution in [3.8, 4) is 0 Å². The molecule has 0 atom stereocenters. The number of hydrogen-bond donors (Lipinski definition) is 0. The van der Waals surface area contributed by atoms with Crippen molar-refractivity contribution in [2.75, 3.05) is 13.1 Å². The van der Waals surface area contributed by atoms with Gasteiger partial charge in [0.2, 0.25) is 0 Å². The van der Waals surface area contributed by atoms with Crippen molar-refractivity contribution in [3.05, 3.63) is 18.7 Å². The molecule has 1 aliphatic heterocycles. The molecule has 1 aliphatic rings. The van der Waals surface area contributed by atoms with Crippen molar-refractivity contribution in [3.63, 3.8) is 0 Å². The second kappa shape index (κ2) is 3.23. The van der Waals surface area contributed by atoms with E-state index >= 15 is 0 Å². The Bertz CT molecular complexity index is 262. The number of thiocarbonyl (C=S) groups is 1. The Balaban J connectivity index is 2.09. The predicted molar refractivity (Wildman–Crippen MR) is 51.0 cm³/mol. The minimum atomic E-state index is 0.880. The summed E-state index contributed by atoms with van der Waals surface area (Å²) in [5, 5.41) is 0.880. The van der Waals surface area contributed by atoms with Crippen LogP contribution in [0.5, 0.6) is 0 Å². The zero-order valence-corrected chi connectivity index (χ0v) is 7.63. The molecule has 1 aromatic rings. The third-order valence-corrected chi connectivity index (χ3v) is 2.57. The summed E-state index contributed by atoms with van der Waals surface area (Å²) in [5.41, 5.74) is 0. The second-order valence-electron chi connectivity index (χ2n) is 2.95. The molecule has 1 aromatic heterocycles. The topological polar surface area (TPSA) is 21.1 Å². The largest absolute Gasteiger partial charge is 0.349 e. The highest BCUT2D eigenvalue weighted by Crippen LogP contribution is 2.09. The molecule has 4 heteroatoms. The van der Waals surface area contributed by atoms with E-state index in [1.807, 2.05) is 10.8 Å². The maximum Gasteiger partial charge on any atom is 0.181 e. The Morgan fingerprint density at radius 1 is 1.33 bits per heavy atom. The van der Waals surface area contributed by atoms with Crippen molar-refractivity contribution < 1.29 is 0 Å². The van der Waals surface area contributed by atoms with Gasteiger partial charge in [0.05, 0.1) is 0 Å². The highest BCUT2D eigenvalue weighted by atomic mass is 32.1. The molecule has 0 aliphatic carbocycles. The SMILES string of the molecule is S=C(N1CCCC1)n1ccnc1. The lowest BCUT2D eigenvalue weighted by Crippen LogP contribution is -2.30. The maximum atomic E-state index is 5.28. The van der Waals surface area contributed by atoms with Crippen LogP contribution in [-0.2, 0) is 0 Å². The monoisotopic (exact) mass is 181 g/mol. The molecule has 1 saturated heterocycles. The Labute approximate surface area is 77.0 Å². The van der Waals surface area contributed by atoms with Crippen LogP contribution in [-0.4, -0.2) is 32.7 Å². The minimum Gasteiger partial charge on any atom is -0.349 e. The zero-order valence-electron chi connectivity index (χ0n) is 6.81. The van der Waals surface area contributed by atoms with Gasteiger partial charge in [-0.1, -0.05) is 0 Å². The summed E-state index contributed by atoms with van der Waals surface area (Å²) < 4.78 is 1.89. The van der Waals surface area contributed by atoms with Crippen LogP contribution in [0.3, 0.4) is 0 Å². The molecule has 0 saturated carbocycles. The fraction of sp³-hybridized carbons (Fsp3) is 0.500. The molecule has 3 nitrogen and oxygen atoms in total. The Hall–Kier alpha value is -0.900. The maximum absolute atomic E-state index is 5.28. The highest BCUT2D eigenvalue weighted by Gasteiger charge is 2.15. The van der Waals surface area contributed by atoms with Gasteiger partial charge in [-0.05, 0) is 25.1 Å². The van der Waals surface area contributed by atoms with Crippen LogP contribution >= 0.6 is 12.2 Å². The van der Waals surface area contributed by atoms with Gasteiger partial charge in [0.15, 0.2) is 5.11 Å². The summed E-state index contributed by atoms with van der Waals surface area (Å²) in [7, 11) is 0. The zero-order chi connectivity index (χ0) is 8.39. The minimum absolute atomic E-state index is 0.880. The molecule has 0 radical (unpaired) electrons. The molecular weight excluding hydrogens is 170 g/mol. The molecule has 0 N–H and O–H groups in total. The summed E-state index contributed by atoms with van der Waals surface area (Å²) in [6, 6.07) is 0. The van der Waals surface area contributed by atoms with Crippen LogP contribution in [0.2, 0.25) is 0 Å². The Morgan fingerprint density at radius 3 is 2.67 bits per heavy atom. The predicted octanol–water partition coefficient (Wildman–Crippen LogP) is 1.11. The van der Waals surface area contributed by atoms with Crippen molar-refractivity contribution >= 4 is 17.3 Å². The molecular formula is C8H11N3S. The van der Waals surface area contributed by atoms with Crippen LogP contribution in [0.1, 0.15) is 12.8 Å². The van der Waals surface area contributed by atoms with Gasteiger partial charge < -0.3 is 4.90 Å². The van der Waals surface area contributed by atoms with Crippen molar-refractivity contribution in [1.82, 2.24) is 14.5 Å². The van der Waals surface area contributed by atoms with E-state index in [9.17, 15) is 0 Å². The summed E-state index contributed by atoms with van der Waals surface area (Å²) in [5.74, 6) is 0. The van der Waals surface area contributed by atoms with Gasteiger partial charge in [0.1, 0.15) is 6.33 Å². The van der Waals surface area contributed by atoms with E-state index in [1.165, 1.54) is 12.8 Å². The smallest absolute Gasteiger partial charge is 0.181 e. The molecule has 64 valence electrons. The Kier molecular flexibility index (Phi) is 2.08. The van der Waals surface area contributed by atoms with Gasteiger partial charge >= 0.3 is 0 Å². The standard InChI is InChI=1S/C8H11N3S/c12-8(10-4-1-2-5-10)11-6-3-9-7-11/h3,6-7H,1-2,4-5H2. The van der Waals surface area contributed by atoms with Crippen LogP contribution in [0.15, 0.2) is 18.7 Å². The van der Waals surface area contributed by atoms with Gasteiger partial charge in [0, 0.05) is 25.5 Å². The van der Waals surface area contributed by atoms with Gasteiger partial charge in [-0.15, -0.1) is 0 Å². The van der Waals surface area contributed by atoms with Gasteiger partial charge in [-0.25, -0.2) is 4.98 Å². The number of likely N-dealkylation sites (tertiary alicyclic amines) is 1. The number of hydrogen-bond acceptors (Lipinski definition) is 2. The van der Waals surface area contributed by atoms with Crippen LogP contribution < -0.4 is 0 Å². The number of imidazole rings is 1. The lowest BCUT2D eigenvalue weighted by Gasteiger charge is -2.18. The summed E-state index contributed by atoms with van der Waals surface area (Å²) in [4.78, 5) is 6.18. The van der Waals surface area contributed by atoms with Crippen LogP contribution in [0, 0.1) is 0 Å². The van der Waals surface area contributed by atoms with E-state index in [0.717, 1.165) is 18.2 Å². The van der Waals surface area contributed by atoms with E-state index in [-0.39, 0.29) is 0 Å². The molecule has 2 rings (SSSR count). The molecule has 2 heterocycles. The molecule has 1 fully saturated rings. The number of nitrogens with zero attached hydrogens (tertiary/aromatic N) is 3. The van der Waals surface area contributed by atoms with Crippen LogP contribution in [0.4, 0.5) is 0 Å². The summed E-state index contributed by atoms with van der Waals surface area (Å²) in [6.07, 6.45) is 7.91. The fourth-order valence-corrected chi connectivity index (χ4v) is 1.73. The first-order chi connectivity index (χ1) is 5.88. The quantitative estimate of drug-likeness (QED) is 0.559. The van der Waals surface area contributed by atoms with Crippen LogP contribution in [0.25, 0.3) is 0 Å². The normalized spacial score (nSPS) is 16.8. The van der Waals surface area contributed by atoms with Gasteiger partial charge in [-0.2, -0.15) is 0 Å². The fourth-order valence-electron chi connectivity index (χ4n) is 1.44. The number of aromatic nitrogens is 2. The molecule has 0 amide bonds. The average molecular weight is 181 g/mol. The summed E-state index contributed by atoms with van der Waals surface area (Å²) >= 11 is 5.28. The molecule has 0 spiro atoms. The first kappa shape index (κ1) is 7.73. The van der Waals surface area contributed by atoms with E-state index < -0.39 is 0 Å². The lowest BCUT2D eigenvalue weighted by atomic mass is 10.4. The Morgan fingerprint density at radius 2 is 2.08 bits per heavy atom. The van der Waals surface area contributed by atoms with E-state index in [1.54, 1.807) is 12.5 Å². The lowest BCUT2D eigenvalue weighted by molar-refractivity contribution is 0.512. The van der Waals surface area contributed by atoms with Gasteiger partial charge in [0.25, 0.3) is 0 Å². The van der Waals surface area contributed by atoms with Gasteiger partial charge in [-0.3, -0.25) is 4.57 Å². The number of rotatable bonds is 0. The van der Waals surface area contributed by atoms with E-state index in [2.05, 4.69) is 9.88 Å². The first-order valence-corrected chi connectivity index (χ1v) is 4.56. The van der Waals surface area contributed by atoms with Crippen molar-refractivity contribution in [1.29, 1.82) is 0 Å². The van der Waals surface area contributed by atoms with Crippen molar-refractivity contribution in [2.24, 2.45) is 0 Å². The van der Waals surface area contributed by atoms with E-state index in [4.69, 9.17) is 12.2 Å². The van der Waals surface area contributed by atoms with E-state index in [0.29, 0.717) is 0 Å². The van der Waals surface area contributed by atoms with Crippen molar-refractivity contribution in [2.45, 2.75) is 12.8 Å². The highest BCUT2D eigenvalue weighted by molar-refractivity contribution is 7.80. The third kappa shape index (κ3) is 1.34. The molecule has 0 unspecified atom stereocenters. The molecule has 0 bridgehead atoms. The second-order valence-corrected chi connectivity index (χ2v) is 3.31. The molecule has 12 heavy (non-hydrogen) atoms. The third-order valence-electron chi connectivity index (χ3n) is 2.10. The average Bonchev–Trinajstić information content (AvgIpc) is 2.77. The summed E-state index contributed by atoms with van der Waals surface area (Å²) in [6.45, 7) is 2.19. The first-order valence-electron chi connectivity index (χ1n) is 4.15.